The summed E-state index contributed by atoms with van der Waals surface area (Å²) in [5, 5.41) is 12.4. The Hall–Kier alpha value is -3.40. The summed E-state index contributed by atoms with van der Waals surface area (Å²) in [5.74, 6) is -1.72. The third kappa shape index (κ3) is 3.92. The van der Waals surface area contributed by atoms with Crippen molar-refractivity contribution in [3.8, 4) is 11.1 Å². The molecule has 0 heterocycles. The van der Waals surface area contributed by atoms with Gasteiger partial charge in [-0.1, -0.05) is 78.9 Å². The molecular weight excluding hydrogens is 362 g/mol. The van der Waals surface area contributed by atoms with Gasteiger partial charge in [-0.3, -0.25) is 4.79 Å². The maximum Gasteiger partial charge on any atom is 0.326 e. The summed E-state index contributed by atoms with van der Waals surface area (Å²) >= 11 is 0. The Morgan fingerprint density at radius 3 is 1.97 bits per heavy atom. The van der Waals surface area contributed by atoms with E-state index in [-0.39, 0.29) is 5.91 Å². The van der Waals surface area contributed by atoms with Gasteiger partial charge in [0.15, 0.2) is 0 Å². The molecule has 1 aliphatic rings. The number of carbonyl (C=O) groups excluding carboxylic acids is 1. The molecule has 0 fully saturated rings. The van der Waals surface area contributed by atoms with Crippen molar-refractivity contribution in [2.24, 2.45) is 0 Å². The van der Waals surface area contributed by atoms with Gasteiger partial charge in [0.2, 0.25) is 5.91 Å². The lowest BCUT2D eigenvalue weighted by Gasteiger charge is -2.19. The van der Waals surface area contributed by atoms with Gasteiger partial charge in [-0.25, -0.2) is 4.79 Å². The molecule has 0 aromatic heterocycles. The summed E-state index contributed by atoms with van der Waals surface area (Å²) in [5.41, 5.74) is 5.11. The SMILES string of the molecule is O=C(N[C@@H](CCCc1ccccc1)C(=O)O)C1c2ccccc2-c2ccccc21. The third-order valence-electron chi connectivity index (χ3n) is 5.51. The summed E-state index contributed by atoms with van der Waals surface area (Å²) in [7, 11) is 0. The van der Waals surface area contributed by atoms with E-state index in [0.717, 1.165) is 28.7 Å². The molecule has 1 amide bonds. The Kier molecular flexibility index (Phi) is 5.43. The van der Waals surface area contributed by atoms with Crippen molar-refractivity contribution < 1.29 is 14.7 Å². The van der Waals surface area contributed by atoms with Crippen molar-refractivity contribution in [2.75, 3.05) is 0 Å². The van der Waals surface area contributed by atoms with Gasteiger partial charge in [0.05, 0.1) is 5.92 Å². The summed E-state index contributed by atoms with van der Waals surface area (Å²) < 4.78 is 0. The van der Waals surface area contributed by atoms with Crippen LogP contribution in [-0.2, 0) is 16.0 Å². The smallest absolute Gasteiger partial charge is 0.326 e. The second kappa shape index (κ2) is 8.31. The fraction of sp³-hybridized carbons (Fsp3) is 0.200. The molecule has 0 aliphatic heterocycles. The van der Waals surface area contributed by atoms with E-state index in [9.17, 15) is 14.7 Å². The molecule has 0 radical (unpaired) electrons. The Balaban J connectivity index is 1.49. The normalized spacial score (nSPS) is 13.4. The number of fused-ring (bicyclic) bond motifs is 3. The van der Waals surface area contributed by atoms with Crippen LogP contribution in [0.25, 0.3) is 11.1 Å². The van der Waals surface area contributed by atoms with Crippen LogP contribution >= 0.6 is 0 Å². The molecule has 4 nitrogen and oxygen atoms in total. The molecule has 0 spiro atoms. The Labute approximate surface area is 170 Å². The van der Waals surface area contributed by atoms with Crippen LogP contribution in [0.1, 0.15) is 35.4 Å². The van der Waals surface area contributed by atoms with E-state index in [1.54, 1.807) is 0 Å². The van der Waals surface area contributed by atoms with E-state index < -0.39 is 17.9 Å². The van der Waals surface area contributed by atoms with Crippen LogP contribution in [0.15, 0.2) is 78.9 Å². The van der Waals surface area contributed by atoms with Gasteiger partial charge < -0.3 is 10.4 Å². The first kappa shape index (κ1) is 18.9. The minimum absolute atomic E-state index is 0.255. The number of benzene rings is 3. The molecule has 0 bridgehead atoms. The summed E-state index contributed by atoms with van der Waals surface area (Å²) in [6.07, 6.45) is 1.88. The lowest BCUT2D eigenvalue weighted by atomic mass is 9.95. The van der Waals surface area contributed by atoms with Crippen LogP contribution in [0.5, 0.6) is 0 Å². The third-order valence-corrected chi connectivity index (χ3v) is 5.51. The first-order valence-corrected chi connectivity index (χ1v) is 9.90. The molecule has 4 heteroatoms. The van der Waals surface area contributed by atoms with Gasteiger partial charge in [0.1, 0.15) is 6.04 Å². The molecule has 0 saturated carbocycles. The standard InChI is InChI=1S/C25H23NO3/c27-24(26-22(25(28)29)16-8-11-17-9-2-1-3-10-17)23-20-14-6-4-12-18(20)19-13-5-7-15-21(19)23/h1-7,9-10,12-15,22-23H,8,11,16H2,(H,26,27)(H,28,29)/t22-/m0/s1. The molecule has 4 rings (SSSR count). The first-order valence-electron chi connectivity index (χ1n) is 9.90. The maximum absolute atomic E-state index is 13.1. The van der Waals surface area contributed by atoms with E-state index in [1.165, 1.54) is 5.56 Å². The molecule has 0 saturated heterocycles. The molecule has 3 aromatic carbocycles. The monoisotopic (exact) mass is 385 g/mol. The van der Waals surface area contributed by atoms with Crippen molar-refractivity contribution in [1.82, 2.24) is 5.32 Å². The van der Waals surface area contributed by atoms with Crippen LogP contribution in [0.4, 0.5) is 0 Å². The number of hydrogen-bond donors (Lipinski definition) is 2. The topological polar surface area (TPSA) is 66.4 Å². The van der Waals surface area contributed by atoms with E-state index >= 15 is 0 Å². The fourth-order valence-electron chi connectivity index (χ4n) is 4.11. The lowest BCUT2D eigenvalue weighted by molar-refractivity contribution is -0.142. The highest BCUT2D eigenvalue weighted by molar-refractivity contribution is 5.97. The van der Waals surface area contributed by atoms with Gasteiger partial charge >= 0.3 is 5.97 Å². The molecule has 0 unspecified atom stereocenters. The van der Waals surface area contributed by atoms with Crippen LogP contribution < -0.4 is 5.32 Å². The Morgan fingerprint density at radius 2 is 1.38 bits per heavy atom. The van der Waals surface area contributed by atoms with Gasteiger partial charge in [-0.15, -0.1) is 0 Å². The van der Waals surface area contributed by atoms with Crippen LogP contribution in [0.2, 0.25) is 0 Å². The summed E-state index contributed by atoms with van der Waals surface area (Å²) in [6, 6.07) is 24.7. The van der Waals surface area contributed by atoms with Crippen LogP contribution in [0, 0.1) is 0 Å². The number of amides is 1. The average molecular weight is 385 g/mol. The number of rotatable bonds is 7. The largest absolute Gasteiger partial charge is 0.480 e. The number of carbonyl (C=O) groups is 2. The predicted octanol–water partition coefficient (Wildman–Crippen LogP) is 4.39. The van der Waals surface area contributed by atoms with Crippen LogP contribution in [-0.4, -0.2) is 23.0 Å². The maximum atomic E-state index is 13.1. The van der Waals surface area contributed by atoms with E-state index in [1.807, 2.05) is 78.9 Å². The van der Waals surface area contributed by atoms with E-state index in [2.05, 4.69) is 5.32 Å². The molecule has 29 heavy (non-hydrogen) atoms. The molecule has 2 N–H and O–H groups in total. The quantitative estimate of drug-likeness (QED) is 0.634. The molecular formula is C25H23NO3. The summed E-state index contributed by atoms with van der Waals surface area (Å²) in [4.78, 5) is 24.9. The van der Waals surface area contributed by atoms with Crippen molar-refractivity contribution >= 4 is 11.9 Å². The minimum atomic E-state index is -0.994. The van der Waals surface area contributed by atoms with E-state index in [4.69, 9.17) is 0 Å². The Bertz CT molecular complexity index is 984. The molecule has 146 valence electrons. The van der Waals surface area contributed by atoms with Crippen LogP contribution in [0.3, 0.4) is 0 Å². The lowest BCUT2D eigenvalue weighted by Crippen LogP contribution is -2.43. The zero-order valence-corrected chi connectivity index (χ0v) is 16.0. The minimum Gasteiger partial charge on any atom is -0.480 e. The highest BCUT2D eigenvalue weighted by atomic mass is 16.4. The zero-order valence-electron chi connectivity index (χ0n) is 16.0. The van der Waals surface area contributed by atoms with Gasteiger partial charge in [0.25, 0.3) is 0 Å². The second-order valence-electron chi connectivity index (χ2n) is 7.38. The second-order valence-corrected chi connectivity index (χ2v) is 7.38. The fourth-order valence-corrected chi connectivity index (χ4v) is 4.11. The number of nitrogens with one attached hydrogen (secondary N) is 1. The van der Waals surface area contributed by atoms with Crippen molar-refractivity contribution in [3.05, 3.63) is 95.6 Å². The van der Waals surface area contributed by atoms with Gasteiger partial charge in [-0.05, 0) is 47.1 Å². The molecule has 3 aromatic rings. The van der Waals surface area contributed by atoms with Crippen molar-refractivity contribution in [1.29, 1.82) is 0 Å². The average Bonchev–Trinajstić information content (AvgIpc) is 3.08. The summed E-state index contributed by atoms with van der Waals surface area (Å²) in [6.45, 7) is 0. The zero-order chi connectivity index (χ0) is 20.2. The number of carboxylic acid groups (broad SMARTS) is 1. The predicted molar refractivity (Wildman–Crippen MR) is 113 cm³/mol. The van der Waals surface area contributed by atoms with Crippen molar-refractivity contribution in [3.63, 3.8) is 0 Å². The van der Waals surface area contributed by atoms with Gasteiger partial charge in [0, 0.05) is 0 Å². The number of aliphatic carboxylic acids is 1. The number of carboxylic acids is 1. The highest BCUT2D eigenvalue weighted by Crippen LogP contribution is 2.44. The van der Waals surface area contributed by atoms with Crippen molar-refractivity contribution in [2.45, 2.75) is 31.2 Å². The molecule has 1 atom stereocenters. The van der Waals surface area contributed by atoms with Gasteiger partial charge in [-0.2, -0.15) is 0 Å². The number of aryl methyl sites for hydroxylation is 1. The highest BCUT2D eigenvalue weighted by Gasteiger charge is 2.35. The first-order chi connectivity index (χ1) is 14.1. The Morgan fingerprint density at radius 1 is 0.828 bits per heavy atom. The number of hydrogen-bond acceptors (Lipinski definition) is 2. The van der Waals surface area contributed by atoms with E-state index in [0.29, 0.717) is 12.8 Å². The molecule has 1 aliphatic carbocycles.